The maximum absolute atomic E-state index is 11.7. The standard InChI is InChI=1S/C12H22N2O2.ClH/c15-12(11-3-1-2-6-13-11)14-7-8-16-9-10-4-5-10;/h10-11,13H,1-9H2,(H,14,15);1H/t11-;/m0./s1. The minimum atomic E-state index is 0. The maximum Gasteiger partial charge on any atom is 0.237 e. The summed E-state index contributed by atoms with van der Waals surface area (Å²) in [6, 6.07) is 0.0252. The van der Waals surface area contributed by atoms with Crippen molar-refractivity contribution in [2.45, 2.75) is 38.1 Å². The molecular formula is C12H23ClN2O2. The van der Waals surface area contributed by atoms with Crippen LogP contribution in [0.25, 0.3) is 0 Å². The highest BCUT2D eigenvalue weighted by atomic mass is 35.5. The van der Waals surface area contributed by atoms with Crippen molar-refractivity contribution in [3.05, 3.63) is 0 Å². The van der Waals surface area contributed by atoms with Crippen LogP contribution in [0, 0.1) is 5.92 Å². The summed E-state index contributed by atoms with van der Waals surface area (Å²) in [4.78, 5) is 11.7. The highest BCUT2D eigenvalue weighted by Crippen LogP contribution is 2.28. The summed E-state index contributed by atoms with van der Waals surface area (Å²) in [7, 11) is 0. The molecule has 2 rings (SSSR count). The zero-order valence-electron chi connectivity index (χ0n) is 10.2. The Balaban J connectivity index is 0.00000144. The van der Waals surface area contributed by atoms with Gasteiger partial charge in [-0.1, -0.05) is 6.42 Å². The first-order valence-electron chi connectivity index (χ1n) is 6.45. The molecule has 100 valence electrons. The fourth-order valence-electron chi connectivity index (χ4n) is 1.98. The number of ether oxygens (including phenoxy) is 1. The Morgan fingerprint density at radius 2 is 2.12 bits per heavy atom. The van der Waals surface area contributed by atoms with Crippen LogP contribution in [0.5, 0.6) is 0 Å². The molecule has 0 aromatic rings. The third-order valence-electron chi connectivity index (χ3n) is 3.22. The van der Waals surface area contributed by atoms with E-state index >= 15 is 0 Å². The second kappa shape index (κ2) is 7.90. The Labute approximate surface area is 109 Å². The molecule has 1 aliphatic heterocycles. The van der Waals surface area contributed by atoms with Gasteiger partial charge in [-0.3, -0.25) is 4.79 Å². The zero-order valence-corrected chi connectivity index (χ0v) is 11.1. The monoisotopic (exact) mass is 262 g/mol. The fourth-order valence-corrected chi connectivity index (χ4v) is 1.98. The summed E-state index contributed by atoms with van der Waals surface area (Å²) in [5, 5.41) is 6.16. The molecule has 0 aromatic carbocycles. The van der Waals surface area contributed by atoms with Crippen LogP contribution >= 0.6 is 12.4 Å². The highest BCUT2D eigenvalue weighted by Gasteiger charge is 2.21. The Morgan fingerprint density at radius 1 is 1.29 bits per heavy atom. The summed E-state index contributed by atoms with van der Waals surface area (Å²) < 4.78 is 5.46. The molecule has 5 heteroatoms. The Bertz CT molecular complexity index is 229. The Morgan fingerprint density at radius 3 is 2.76 bits per heavy atom. The number of halogens is 1. The minimum absolute atomic E-state index is 0. The van der Waals surface area contributed by atoms with Gasteiger partial charge in [-0.2, -0.15) is 0 Å². The SMILES string of the molecule is Cl.O=C(NCCOCC1CC1)[C@@H]1CCCCN1. The van der Waals surface area contributed by atoms with Gasteiger partial charge < -0.3 is 15.4 Å². The number of hydrogen-bond donors (Lipinski definition) is 2. The molecule has 0 spiro atoms. The van der Waals surface area contributed by atoms with Gasteiger partial charge in [-0.25, -0.2) is 0 Å². The van der Waals surface area contributed by atoms with E-state index in [4.69, 9.17) is 4.74 Å². The predicted molar refractivity (Wildman–Crippen MR) is 69.4 cm³/mol. The molecule has 1 saturated carbocycles. The van der Waals surface area contributed by atoms with Gasteiger partial charge in [0.25, 0.3) is 0 Å². The lowest BCUT2D eigenvalue weighted by atomic mass is 10.0. The van der Waals surface area contributed by atoms with Gasteiger partial charge in [0.15, 0.2) is 0 Å². The molecule has 1 heterocycles. The van der Waals surface area contributed by atoms with E-state index in [1.807, 2.05) is 0 Å². The summed E-state index contributed by atoms with van der Waals surface area (Å²) >= 11 is 0. The summed E-state index contributed by atoms with van der Waals surface area (Å²) in [6.45, 7) is 3.13. The average Bonchev–Trinajstić information content (AvgIpc) is 3.13. The average molecular weight is 263 g/mol. The lowest BCUT2D eigenvalue weighted by molar-refractivity contribution is -0.123. The van der Waals surface area contributed by atoms with Gasteiger partial charge in [-0.15, -0.1) is 12.4 Å². The molecule has 2 aliphatic rings. The minimum Gasteiger partial charge on any atom is -0.379 e. The number of amides is 1. The van der Waals surface area contributed by atoms with Crippen molar-refractivity contribution in [3.63, 3.8) is 0 Å². The van der Waals surface area contributed by atoms with E-state index in [1.165, 1.54) is 19.3 Å². The van der Waals surface area contributed by atoms with Crippen LogP contribution in [-0.4, -0.2) is 38.3 Å². The van der Waals surface area contributed by atoms with E-state index in [0.29, 0.717) is 13.2 Å². The van der Waals surface area contributed by atoms with Crippen molar-refractivity contribution >= 4 is 18.3 Å². The number of nitrogens with one attached hydrogen (secondary N) is 2. The number of carbonyl (C=O) groups is 1. The summed E-state index contributed by atoms with van der Waals surface area (Å²) in [6.07, 6.45) is 5.95. The largest absolute Gasteiger partial charge is 0.379 e. The van der Waals surface area contributed by atoms with E-state index < -0.39 is 0 Å². The number of hydrogen-bond acceptors (Lipinski definition) is 3. The van der Waals surface area contributed by atoms with Crippen molar-refractivity contribution < 1.29 is 9.53 Å². The van der Waals surface area contributed by atoms with Crippen LogP contribution in [0.3, 0.4) is 0 Å². The highest BCUT2D eigenvalue weighted by molar-refractivity contribution is 5.85. The first kappa shape index (κ1) is 14.7. The molecule has 0 aromatic heterocycles. The van der Waals surface area contributed by atoms with Gasteiger partial charge in [0.05, 0.1) is 12.6 Å². The van der Waals surface area contributed by atoms with Gasteiger partial charge in [0.2, 0.25) is 5.91 Å². The third-order valence-corrected chi connectivity index (χ3v) is 3.22. The molecule has 0 radical (unpaired) electrons. The van der Waals surface area contributed by atoms with Crippen LogP contribution in [0.2, 0.25) is 0 Å². The molecule has 1 saturated heterocycles. The fraction of sp³-hybridized carbons (Fsp3) is 0.917. The molecule has 2 fully saturated rings. The van der Waals surface area contributed by atoms with Crippen molar-refractivity contribution in [1.82, 2.24) is 10.6 Å². The topological polar surface area (TPSA) is 50.4 Å². The molecule has 2 N–H and O–H groups in total. The zero-order chi connectivity index (χ0) is 11.2. The van der Waals surface area contributed by atoms with E-state index in [1.54, 1.807) is 0 Å². The van der Waals surface area contributed by atoms with Gasteiger partial charge in [-0.05, 0) is 38.1 Å². The van der Waals surface area contributed by atoms with Crippen molar-refractivity contribution in [2.24, 2.45) is 5.92 Å². The van der Waals surface area contributed by atoms with Gasteiger partial charge >= 0.3 is 0 Å². The lowest BCUT2D eigenvalue weighted by Gasteiger charge is -2.22. The summed E-state index contributed by atoms with van der Waals surface area (Å²) in [5.41, 5.74) is 0. The smallest absolute Gasteiger partial charge is 0.237 e. The molecule has 1 atom stereocenters. The van der Waals surface area contributed by atoms with E-state index in [9.17, 15) is 4.79 Å². The number of carbonyl (C=O) groups excluding carboxylic acids is 1. The van der Waals surface area contributed by atoms with Crippen LogP contribution in [-0.2, 0) is 9.53 Å². The quantitative estimate of drug-likeness (QED) is 0.705. The van der Waals surface area contributed by atoms with E-state index in [0.717, 1.165) is 31.9 Å². The predicted octanol–water partition coefficient (Wildman–Crippen LogP) is 1.09. The second-order valence-electron chi connectivity index (χ2n) is 4.81. The number of piperidine rings is 1. The van der Waals surface area contributed by atoms with Crippen LogP contribution in [0.1, 0.15) is 32.1 Å². The van der Waals surface area contributed by atoms with E-state index in [-0.39, 0.29) is 24.4 Å². The first-order valence-corrected chi connectivity index (χ1v) is 6.45. The summed E-state index contributed by atoms with van der Waals surface area (Å²) in [5.74, 6) is 0.936. The molecular weight excluding hydrogens is 240 g/mol. The van der Waals surface area contributed by atoms with Gasteiger partial charge in [0.1, 0.15) is 0 Å². The van der Waals surface area contributed by atoms with E-state index in [2.05, 4.69) is 10.6 Å². The van der Waals surface area contributed by atoms with Crippen LogP contribution < -0.4 is 10.6 Å². The molecule has 0 unspecified atom stereocenters. The first-order chi connectivity index (χ1) is 7.86. The van der Waals surface area contributed by atoms with Crippen LogP contribution in [0.15, 0.2) is 0 Å². The third kappa shape index (κ3) is 5.70. The normalized spacial score (nSPS) is 23.9. The molecule has 4 nitrogen and oxygen atoms in total. The van der Waals surface area contributed by atoms with Crippen molar-refractivity contribution in [2.75, 3.05) is 26.3 Å². The van der Waals surface area contributed by atoms with Crippen molar-refractivity contribution in [3.8, 4) is 0 Å². The lowest BCUT2D eigenvalue weighted by Crippen LogP contribution is -2.47. The molecule has 0 bridgehead atoms. The maximum atomic E-state index is 11.7. The molecule has 1 aliphatic carbocycles. The molecule has 17 heavy (non-hydrogen) atoms. The van der Waals surface area contributed by atoms with Crippen LogP contribution in [0.4, 0.5) is 0 Å². The second-order valence-corrected chi connectivity index (χ2v) is 4.81. The number of rotatable bonds is 6. The molecule has 1 amide bonds. The van der Waals surface area contributed by atoms with Gasteiger partial charge in [0, 0.05) is 13.2 Å². The Kier molecular flexibility index (Phi) is 6.85. The Hall–Kier alpha value is -0.320. The van der Waals surface area contributed by atoms with Crippen molar-refractivity contribution in [1.29, 1.82) is 0 Å².